The lowest BCUT2D eigenvalue weighted by molar-refractivity contribution is 0.0179. The van der Waals surface area contributed by atoms with Crippen molar-refractivity contribution in [3.05, 3.63) is 65.5 Å². The van der Waals surface area contributed by atoms with Crippen molar-refractivity contribution in [2.45, 2.75) is 6.04 Å². The molecule has 0 bridgehead atoms. The van der Waals surface area contributed by atoms with Gasteiger partial charge in [-0.2, -0.15) is 0 Å². The molecule has 0 radical (unpaired) electrons. The number of nitrogens with one attached hydrogen (secondary N) is 1. The minimum Gasteiger partial charge on any atom is -0.379 e. The van der Waals surface area contributed by atoms with Crippen LogP contribution in [0.4, 0.5) is 18.9 Å². The zero-order valence-electron chi connectivity index (χ0n) is 14.7. The van der Waals surface area contributed by atoms with Crippen LogP contribution < -0.4 is 11.1 Å². The smallest absolute Gasteiger partial charge is 0.193 e. The summed E-state index contributed by atoms with van der Waals surface area (Å²) in [6.07, 6.45) is 0. The monoisotopic (exact) mass is 378 g/mol. The van der Waals surface area contributed by atoms with Crippen LogP contribution in [0.3, 0.4) is 0 Å². The molecule has 144 valence electrons. The molecule has 8 heteroatoms. The fourth-order valence-electron chi connectivity index (χ4n) is 2.99. The lowest BCUT2D eigenvalue weighted by atomic mass is 10.0. The number of guanidine groups is 1. The highest BCUT2D eigenvalue weighted by molar-refractivity contribution is 5.92. The number of halogens is 3. The molecule has 1 unspecified atom stereocenters. The number of nitrogens with two attached hydrogens (primary N) is 1. The van der Waals surface area contributed by atoms with Gasteiger partial charge in [-0.05, 0) is 29.8 Å². The molecule has 27 heavy (non-hydrogen) atoms. The molecular weight excluding hydrogens is 357 g/mol. The molecule has 1 saturated heterocycles. The third-order valence-electron chi connectivity index (χ3n) is 4.35. The van der Waals surface area contributed by atoms with Crippen molar-refractivity contribution < 1.29 is 17.9 Å². The Morgan fingerprint density at radius 3 is 2.59 bits per heavy atom. The molecule has 2 aromatic carbocycles. The van der Waals surface area contributed by atoms with Crippen molar-refractivity contribution >= 4 is 11.6 Å². The van der Waals surface area contributed by atoms with E-state index in [4.69, 9.17) is 10.5 Å². The lowest BCUT2D eigenvalue weighted by Crippen LogP contribution is -2.40. The molecule has 0 amide bonds. The Morgan fingerprint density at radius 1 is 1.11 bits per heavy atom. The van der Waals surface area contributed by atoms with E-state index in [2.05, 4.69) is 15.2 Å². The lowest BCUT2D eigenvalue weighted by Gasteiger charge is -2.34. The number of aliphatic imine (C=N–C) groups is 1. The summed E-state index contributed by atoms with van der Waals surface area (Å²) < 4.78 is 46.0. The van der Waals surface area contributed by atoms with Crippen molar-refractivity contribution in [2.24, 2.45) is 10.7 Å². The molecule has 0 spiro atoms. The largest absolute Gasteiger partial charge is 0.379 e. The van der Waals surface area contributed by atoms with Gasteiger partial charge in [0.15, 0.2) is 5.96 Å². The van der Waals surface area contributed by atoms with Gasteiger partial charge in [-0.25, -0.2) is 13.2 Å². The molecule has 2 aromatic rings. The first kappa shape index (κ1) is 19.2. The van der Waals surface area contributed by atoms with Crippen molar-refractivity contribution in [3.63, 3.8) is 0 Å². The van der Waals surface area contributed by atoms with E-state index in [0.717, 1.165) is 23.8 Å². The highest BCUT2D eigenvalue weighted by atomic mass is 19.1. The first-order valence-corrected chi connectivity index (χ1v) is 8.62. The highest BCUT2D eigenvalue weighted by Gasteiger charge is 2.23. The van der Waals surface area contributed by atoms with Gasteiger partial charge in [0, 0.05) is 19.2 Å². The van der Waals surface area contributed by atoms with Gasteiger partial charge in [0.25, 0.3) is 0 Å². The predicted molar refractivity (Wildman–Crippen MR) is 98.0 cm³/mol. The molecule has 1 atom stereocenters. The third kappa shape index (κ3) is 5.21. The number of nitrogens with zero attached hydrogens (tertiary/aromatic N) is 2. The summed E-state index contributed by atoms with van der Waals surface area (Å²) in [6.45, 7) is 2.76. The van der Waals surface area contributed by atoms with Crippen molar-refractivity contribution in [3.8, 4) is 0 Å². The zero-order valence-corrected chi connectivity index (χ0v) is 14.7. The molecule has 1 fully saturated rings. The van der Waals surface area contributed by atoms with Gasteiger partial charge in [-0.15, -0.1) is 0 Å². The number of morpholine rings is 1. The maximum atomic E-state index is 13.7. The van der Waals surface area contributed by atoms with Gasteiger partial charge in [-0.3, -0.25) is 9.89 Å². The number of hydrogen-bond acceptors (Lipinski definition) is 3. The van der Waals surface area contributed by atoms with Crippen LogP contribution in [0.2, 0.25) is 0 Å². The summed E-state index contributed by atoms with van der Waals surface area (Å²) in [4.78, 5) is 6.40. The van der Waals surface area contributed by atoms with Crippen LogP contribution >= 0.6 is 0 Å². The molecule has 0 saturated carbocycles. The Labute approximate surface area is 155 Å². The molecule has 3 N–H and O–H groups in total. The minimum absolute atomic E-state index is 0.0471. The van der Waals surface area contributed by atoms with Crippen molar-refractivity contribution in [2.75, 3.05) is 38.2 Å². The standard InChI is InChI=1S/C19H21F3N4O/c20-14-3-1-2-13(10-14)18(26-6-8-27-9-7-26)12-24-19(23)25-17-11-15(21)4-5-16(17)22/h1-5,10-11,18H,6-9,12H2,(H3,23,24,25). The second kappa shape index (κ2) is 8.88. The highest BCUT2D eigenvalue weighted by Crippen LogP contribution is 2.23. The SMILES string of the molecule is NC(=NCC(c1cccc(F)c1)N1CCOCC1)Nc1cc(F)ccc1F. The van der Waals surface area contributed by atoms with E-state index < -0.39 is 11.6 Å². The topological polar surface area (TPSA) is 62.9 Å². The van der Waals surface area contributed by atoms with Crippen molar-refractivity contribution in [1.82, 2.24) is 4.90 Å². The second-order valence-corrected chi connectivity index (χ2v) is 6.19. The van der Waals surface area contributed by atoms with Crippen LogP contribution in [0, 0.1) is 17.5 Å². The average Bonchev–Trinajstić information content (AvgIpc) is 2.66. The fraction of sp³-hybridized carbons (Fsp3) is 0.316. The number of hydrogen-bond donors (Lipinski definition) is 2. The molecule has 0 aromatic heterocycles. The normalized spacial score (nSPS) is 16.9. The fourth-order valence-corrected chi connectivity index (χ4v) is 2.99. The summed E-state index contributed by atoms with van der Waals surface area (Å²) >= 11 is 0. The number of rotatable bonds is 5. The van der Waals surface area contributed by atoms with E-state index in [0.29, 0.717) is 26.3 Å². The number of anilines is 1. The van der Waals surface area contributed by atoms with E-state index in [-0.39, 0.29) is 30.1 Å². The molecule has 3 rings (SSSR count). The Kier molecular flexibility index (Phi) is 6.31. The first-order chi connectivity index (χ1) is 13.0. The number of ether oxygens (including phenoxy) is 1. The summed E-state index contributed by atoms with van der Waals surface area (Å²) in [5.74, 6) is -1.60. The molecule has 1 aliphatic heterocycles. The van der Waals surface area contributed by atoms with Crippen LogP contribution in [0.5, 0.6) is 0 Å². The quantitative estimate of drug-likeness (QED) is 0.620. The maximum absolute atomic E-state index is 13.7. The van der Waals surface area contributed by atoms with Gasteiger partial charge in [-0.1, -0.05) is 12.1 Å². The van der Waals surface area contributed by atoms with Crippen LogP contribution in [0.15, 0.2) is 47.5 Å². The third-order valence-corrected chi connectivity index (χ3v) is 4.35. The van der Waals surface area contributed by atoms with Crippen LogP contribution in [0.1, 0.15) is 11.6 Å². The Balaban J connectivity index is 1.76. The van der Waals surface area contributed by atoms with E-state index in [1.165, 1.54) is 12.1 Å². The molecule has 1 heterocycles. The second-order valence-electron chi connectivity index (χ2n) is 6.19. The summed E-state index contributed by atoms with van der Waals surface area (Å²) in [5, 5.41) is 2.57. The van der Waals surface area contributed by atoms with E-state index in [1.54, 1.807) is 6.07 Å². The average molecular weight is 378 g/mol. The Morgan fingerprint density at radius 2 is 1.85 bits per heavy atom. The Hall–Kier alpha value is -2.58. The maximum Gasteiger partial charge on any atom is 0.193 e. The van der Waals surface area contributed by atoms with Gasteiger partial charge in [0.1, 0.15) is 17.5 Å². The molecule has 5 nitrogen and oxygen atoms in total. The van der Waals surface area contributed by atoms with Gasteiger partial charge >= 0.3 is 0 Å². The van der Waals surface area contributed by atoms with E-state index >= 15 is 0 Å². The van der Waals surface area contributed by atoms with Crippen LogP contribution in [0.25, 0.3) is 0 Å². The summed E-state index contributed by atoms with van der Waals surface area (Å²) in [7, 11) is 0. The zero-order chi connectivity index (χ0) is 19.2. The van der Waals surface area contributed by atoms with Crippen LogP contribution in [-0.4, -0.2) is 43.7 Å². The number of benzene rings is 2. The summed E-state index contributed by atoms with van der Waals surface area (Å²) in [5.41, 5.74) is 6.52. The van der Waals surface area contributed by atoms with Gasteiger partial charge in [0.05, 0.1) is 31.5 Å². The van der Waals surface area contributed by atoms with E-state index in [1.807, 2.05) is 6.07 Å². The Bertz CT molecular complexity index is 809. The van der Waals surface area contributed by atoms with Crippen LogP contribution in [-0.2, 0) is 4.74 Å². The minimum atomic E-state index is -0.635. The van der Waals surface area contributed by atoms with Gasteiger partial charge in [0.2, 0.25) is 0 Å². The van der Waals surface area contributed by atoms with Gasteiger partial charge < -0.3 is 15.8 Å². The predicted octanol–water partition coefficient (Wildman–Crippen LogP) is 2.90. The van der Waals surface area contributed by atoms with E-state index in [9.17, 15) is 13.2 Å². The van der Waals surface area contributed by atoms with Crippen molar-refractivity contribution in [1.29, 1.82) is 0 Å². The molecule has 0 aliphatic carbocycles. The summed E-state index contributed by atoms with van der Waals surface area (Å²) in [6, 6.07) is 9.14. The first-order valence-electron chi connectivity index (χ1n) is 8.62. The molecule has 1 aliphatic rings. The molecular formula is C19H21F3N4O.